The molecule has 0 aliphatic heterocycles. The summed E-state index contributed by atoms with van der Waals surface area (Å²) >= 11 is 7.16. The molecule has 0 bridgehead atoms. The van der Waals surface area contributed by atoms with Crippen LogP contribution in [0.25, 0.3) is 10.6 Å². The molecule has 2 aromatic heterocycles. The van der Waals surface area contributed by atoms with Gasteiger partial charge in [-0.05, 0) is 38.1 Å². The van der Waals surface area contributed by atoms with E-state index in [1.54, 1.807) is 19.9 Å². The Morgan fingerprint density at radius 2 is 2.00 bits per heavy atom. The van der Waals surface area contributed by atoms with E-state index in [-0.39, 0.29) is 15.6 Å². The Kier molecular flexibility index (Phi) is 4.37. The van der Waals surface area contributed by atoms with Crippen molar-refractivity contribution < 1.29 is 17.3 Å². The van der Waals surface area contributed by atoms with Crippen LogP contribution in [-0.2, 0) is 10.0 Å². The molecule has 3 rings (SSSR count). The van der Waals surface area contributed by atoms with E-state index in [2.05, 4.69) is 9.88 Å². The second-order valence-electron chi connectivity index (χ2n) is 5.09. The summed E-state index contributed by atoms with van der Waals surface area (Å²) in [6.45, 7) is 3.47. The molecule has 0 aliphatic rings. The first-order valence-corrected chi connectivity index (χ1v) is 9.46. The van der Waals surface area contributed by atoms with Gasteiger partial charge < -0.3 is 4.52 Å². The molecule has 24 heavy (non-hydrogen) atoms. The number of aryl methyl sites for hydroxylation is 2. The van der Waals surface area contributed by atoms with E-state index in [0.717, 1.165) is 12.1 Å². The van der Waals surface area contributed by atoms with Crippen LogP contribution < -0.4 is 4.72 Å². The van der Waals surface area contributed by atoms with Crippen LogP contribution in [0.4, 0.5) is 10.1 Å². The van der Waals surface area contributed by atoms with Crippen molar-refractivity contribution in [2.75, 3.05) is 4.72 Å². The monoisotopic (exact) mass is 386 g/mol. The maximum absolute atomic E-state index is 13.1. The van der Waals surface area contributed by atoms with Crippen molar-refractivity contribution >= 4 is 38.6 Å². The van der Waals surface area contributed by atoms with Gasteiger partial charge in [-0.25, -0.2) is 12.8 Å². The highest BCUT2D eigenvalue weighted by Crippen LogP contribution is 2.35. The molecule has 0 atom stereocenters. The number of nitrogens with one attached hydrogen (secondary N) is 1. The predicted molar refractivity (Wildman–Crippen MR) is 91.5 cm³/mol. The molecular weight excluding hydrogens is 375 g/mol. The third-order valence-corrected chi connectivity index (χ3v) is 6.21. The molecule has 126 valence electrons. The van der Waals surface area contributed by atoms with Crippen molar-refractivity contribution in [3.63, 3.8) is 0 Å². The Hall–Kier alpha value is -1.90. The molecule has 1 aromatic carbocycles. The van der Waals surface area contributed by atoms with Crippen molar-refractivity contribution in [2.24, 2.45) is 0 Å². The van der Waals surface area contributed by atoms with Gasteiger partial charge in [0.2, 0.25) is 0 Å². The second kappa shape index (κ2) is 6.19. The number of hydrogen-bond acceptors (Lipinski definition) is 5. The van der Waals surface area contributed by atoms with E-state index >= 15 is 0 Å². The first-order valence-electron chi connectivity index (χ1n) is 6.78. The van der Waals surface area contributed by atoms with E-state index in [0.29, 0.717) is 21.2 Å². The molecule has 2 heterocycles. The molecule has 3 aromatic rings. The molecule has 0 radical (unpaired) electrons. The van der Waals surface area contributed by atoms with Gasteiger partial charge in [-0.2, -0.15) is 0 Å². The third kappa shape index (κ3) is 3.31. The Labute approximate surface area is 147 Å². The van der Waals surface area contributed by atoms with Crippen LogP contribution >= 0.6 is 22.9 Å². The van der Waals surface area contributed by atoms with Crippen LogP contribution in [0.5, 0.6) is 0 Å². The van der Waals surface area contributed by atoms with Gasteiger partial charge in [0, 0.05) is 10.9 Å². The molecule has 0 saturated carbocycles. The molecule has 0 fully saturated rings. The standard InChI is InChI=1S/C15H12ClFN2O3S2/c1-8-5-13(22-18-8)14-7-15(9(2)23-14)24(20,21)19-12-4-3-10(17)6-11(12)16/h3-7,19H,1-2H3. The Morgan fingerprint density at radius 3 is 2.62 bits per heavy atom. The van der Waals surface area contributed by atoms with Crippen LogP contribution in [0.2, 0.25) is 5.02 Å². The fourth-order valence-corrected chi connectivity index (χ4v) is 5.00. The molecule has 0 saturated heterocycles. The Balaban J connectivity index is 1.96. The van der Waals surface area contributed by atoms with Gasteiger partial charge in [0.15, 0.2) is 5.76 Å². The second-order valence-corrected chi connectivity index (χ2v) is 8.41. The largest absolute Gasteiger partial charge is 0.355 e. The summed E-state index contributed by atoms with van der Waals surface area (Å²) < 4.78 is 45.8. The van der Waals surface area contributed by atoms with E-state index in [9.17, 15) is 12.8 Å². The molecule has 9 heteroatoms. The number of thiophene rings is 1. The zero-order valence-corrected chi connectivity index (χ0v) is 15.0. The van der Waals surface area contributed by atoms with Crippen molar-refractivity contribution in [2.45, 2.75) is 18.7 Å². The van der Waals surface area contributed by atoms with Gasteiger partial charge in [0.1, 0.15) is 10.7 Å². The molecular formula is C15H12ClFN2O3S2. The van der Waals surface area contributed by atoms with Crippen LogP contribution in [0.15, 0.2) is 39.8 Å². The summed E-state index contributed by atoms with van der Waals surface area (Å²) in [4.78, 5) is 1.35. The van der Waals surface area contributed by atoms with Crippen LogP contribution in [0.3, 0.4) is 0 Å². The van der Waals surface area contributed by atoms with E-state index in [1.807, 2.05) is 0 Å². The maximum atomic E-state index is 13.1. The topological polar surface area (TPSA) is 72.2 Å². The number of benzene rings is 1. The normalized spacial score (nSPS) is 11.7. The first kappa shape index (κ1) is 16.9. The summed E-state index contributed by atoms with van der Waals surface area (Å²) in [7, 11) is -3.87. The number of sulfonamides is 1. The Bertz CT molecular complexity index is 1010. The van der Waals surface area contributed by atoms with Crippen LogP contribution in [-0.4, -0.2) is 13.6 Å². The van der Waals surface area contributed by atoms with Crippen molar-refractivity contribution in [3.05, 3.63) is 51.7 Å². The number of halogens is 2. The average molecular weight is 387 g/mol. The number of aromatic nitrogens is 1. The zero-order valence-electron chi connectivity index (χ0n) is 12.6. The fourth-order valence-electron chi connectivity index (χ4n) is 2.11. The molecule has 0 amide bonds. The van der Waals surface area contributed by atoms with E-state index < -0.39 is 15.8 Å². The van der Waals surface area contributed by atoms with E-state index in [1.165, 1.54) is 23.5 Å². The number of nitrogens with zero attached hydrogens (tertiary/aromatic N) is 1. The highest BCUT2D eigenvalue weighted by atomic mass is 35.5. The lowest BCUT2D eigenvalue weighted by Crippen LogP contribution is -2.13. The fraction of sp³-hybridized carbons (Fsp3) is 0.133. The van der Waals surface area contributed by atoms with Crippen molar-refractivity contribution in [1.29, 1.82) is 0 Å². The molecule has 0 aliphatic carbocycles. The zero-order chi connectivity index (χ0) is 17.5. The van der Waals surface area contributed by atoms with Gasteiger partial charge in [-0.3, -0.25) is 4.72 Å². The predicted octanol–water partition coefficient (Wildman–Crippen LogP) is 4.61. The third-order valence-electron chi connectivity index (χ3n) is 3.21. The molecule has 1 N–H and O–H groups in total. The van der Waals surface area contributed by atoms with Crippen molar-refractivity contribution in [1.82, 2.24) is 5.16 Å². The van der Waals surface area contributed by atoms with Crippen LogP contribution in [0, 0.1) is 19.7 Å². The highest BCUT2D eigenvalue weighted by Gasteiger charge is 2.22. The van der Waals surface area contributed by atoms with Gasteiger partial charge in [-0.15, -0.1) is 11.3 Å². The number of anilines is 1. The summed E-state index contributed by atoms with van der Waals surface area (Å²) in [5, 5.41) is 3.78. The lowest BCUT2D eigenvalue weighted by Gasteiger charge is -2.09. The molecule has 0 spiro atoms. The van der Waals surface area contributed by atoms with E-state index in [4.69, 9.17) is 16.1 Å². The molecule has 0 unspecified atom stereocenters. The smallest absolute Gasteiger partial charge is 0.263 e. The SMILES string of the molecule is Cc1cc(-c2cc(S(=O)(=O)Nc3ccc(F)cc3Cl)c(C)s2)on1. The number of rotatable bonds is 4. The number of hydrogen-bond donors (Lipinski definition) is 1. The maximum Gasteiger partial charge on any atom is 0.263 e. The van der Waals surface area contributed by atoms with Crippen molar-refractivity contribution in [3.8, 4) is 10.6 Å². The quantitative estimate of drug-likeness (QED) is 0.710. The summed E-state index contributed by atoms with van der Waals surface area (Å²) in [6, 6.07) is 6.69. The Morgan fingerprint density at radius 1 is 1.25 bits per heavy atom. The summed E-state index contributed by atoms with van der Waals surface area (Å²) in [5.74, 6) is -0.0421. The minimum absolute atomic E-state index is 0.0162. The van der Waals surface area contributed by atoms with Gasteiger partial charge in [0.05, 0.1) is 21.3 Å². The minimum Gasteiger partial charge on any atom is -0.355 e. The summed E-state index contributed by atoms with van der Waals surface area (Å²) in [5.41, 5.74) is 0.817. The average Bonchev–Trinajstić information content (AvgIpc) is 3.08. The van der Waals surface area contributed by atoms with Gasteiger partial charge in [0.25, 0.3) is 10.0 Å². The van der Waals surface area contributed by atoms with Gasteiger partial charge >= 0.3 is 0 Å². The summed E-state index contributed by atoms with van der Waals surface area (Å²) in [6.07, 6.45) is 0. The van der Waals surface area contributed by atoms with Gasteiger partial charge in [-0.1, -0.05) is 16.8 Å². The lowest BCUT2D eigenvalue weighted by molar-refractivity contribution is 0.428. The first-order chi connectivity index (χ1) is 11.3. The molecule has 5 nitrogen and oxygen atoms in total. The highest BCUT2D eigenvalue weighted by molar-refractivity contribution is 7.93. The lowest BCUT2D eigenvalue weighted by atomic mass is 10.3. The minimum atomic E-state index is -3.87. The van der Waals surface area contributed by atoms with Crippen LogP contribution in [0.1, 0.15) is 10.6 Å².